The first kappa shape index (κ1) is 11.0. The molecule has 1 aliphatic rings. The van der Waals surface area contributed by atoms with E-state index in [1.165, 1.54) is 12.1 Å². The fraction of sp³-hybridized carbons (Fsp3) is 0.500. The molecule has 0 amide bonds. The Labute approximate surface area is 99.8 Å². The molecule has 2 unspecified atom stereocenters. The van der Waals surface area contributed by atoms with E-state index >= 15 is 0 Å². The van der Waals surface area contributed by atoms with Crippen molar-refractivity contribution in [3.8, 4) is 0 Å². The highest BCUT2D eigenvalue weighted by atomic mass is 79.9. The monoisotopic (exact) mass is 268 g/mol. The fourth-order valence-corrected chi connectivity index (χ4v) is 2.50. The lowest BCUT2D eigenvalue weighted by Gasteiger charge is -2.15. The van der Waals surface area contributed by atoms with Gasteiger partial charge in [-0.3, -0.25) is 0 Å². The van der Waals surface area contributed by atoms with Gasteiger partial charge in [0.2, 0.25) is 0 Å². The van der Waals surface area contributed by atoms with Gasteiger partial charge in [-0.05, 0) is 48.5 Å². The van der Waals surface area contributed by atoms with E-state index in [2.05, 4.69) is 58.3 Å². The topological polar surface area (TPSA) is 15.3 Å². The van der Waals surface area contributed by atoms with Gasteiger partial charge in [-0.1, -0.05) is 12.1 Å². The molecule has 0 saturated carbocycles. The first-order valence-electron chi connectivity index (χ1n) is 5.38. The van der Waals surface area contributed by atoms with Crippen LogP contribution >= 0.6 is 15.9 Å². The van der Waals surface area contributed by atoms with Gasteiger partial charge in [-0.15, -0.1) is 0 Å². The zero-order valence-corrected chi connectivity index (χ0v) is 10.8. The molecule has 0 aromatic heterocycles. The molecule has 0 spiro atoms. The highest BCUT2D eigenvalue weighted by Gasteiger charge is 2.25. The van der Waals surface area contributed by atoms with Crippen molar-refractivity contribution in [2.75, 3.05) is 18.9 Å². The van der Waals surface area contributed by atoms with Gasteiger partial charge in [-0.2, -0.15) is 0 Å². The van der Waals surface area contributed by atoms with Crippen LogP contribution in [0, 0.1) is 0 Å². The molecule has 0 bridgehead atoms. The number of anilines is 1. The Morgan fingerprint density at radius 3 is 2.73 bits per heavy atom. The summed E-state index contributed by atoms with van der Waals surface area (Å²) in [6, 6.07) is 9.56. The number of hydrogen-bond acceptors (Lipinski definition) is 2. The third-order valence-corrected chi connectivity index (χ3v) is 3.81. The Morgan fingerprint density at radius 1 is 1.40 bits per heavy atom. The minimum absolute atomic E-state index is 0.573. The van der Waals surface area contributed by atoms with Crippen molar-refractivity contribution in [1.29, 1.82) is 0 Å². The van der Waals surface area contributed by atoms with Crippen molar-refractivity contribution in [3.05, 3.63) is 28.7 Å². The fourth-order valence-electron chi connectivity index (χ4n) is 2.10. The number of nitrogens with zero attached hydrogens (tertiary/aromatic N) is 1. The van der Waals surface area contributed by atoms with Crippen molar-refractivity contribution in [2.24, 2.45) is 0 Å². The van der Waals surface area contributed by atoms with Gasteiger partial charge < -0.3 is 10.2 Å². The van der Waals surface area contributed by atoms with Gasteiger partial charge in [0.15, 0.2) is 0 Å². The summed E-state index contributed by atoms with van der Waals surface area (Å²) in [5, 5.41) is 3.58. The van der Waals surface area contributed by atoms with Crippen molar-refractivity contribution >= 4 is 21.6 Å². The van der Waals surface area contributed by atoms with Gasteiger partial charge in [0.05, 0.1) is 0 Å². The number of likely N-dealkylation sites (tertiary alicyclic amines) is 1. The number of nitrogens with one attached hydrogen (secondary N) is 1. The third-order valence-electron chi connectivity index (χ3n) is 3.12. The second kappa shape index (κ2) is 4.54. The summed E-state index contributed by atoms with van der Waals surface area (Å²) in [7, 11) is 2.19. The molecule has 1 aromatic rings. The normalized spacial score (nSPS) is 26.9. The number of hydrogen-bond donors (Lipinski definition) is 1. The summed E-state index contributed by atoms with van der Waals surface area (Å²) >= 11 is 3.56. The molecule has 1 N–H and O–H groups in total. The predicted molar refractivity (Wildman–Crippen MR) is 68.3 cm³/mol. The Bertz CT molecular complexity index is 330. The van der Waals surface area contributed by atoms with Crippen LogP contribution in [0.3, 0.4) is 0 Å². The van der Waals surface area contributed by atoms with Gasteiger partial charge >= 0.3 is 0 Å². The van der Waals surface area contributed by atoms with Crippen LogP contribution in [-0.2, 0) is 0 Å². The predicted octanol–water partition coefficient (Wildman–Crippen LogP) is 2.95. The van der Waals surface area contributed by atoms with Crippen LogP contribution < -0.4 is 5.32 Å². The van der Waals surface area contributed by atoms with Crippen LogP contribution in [0.1, 0.15) is 13.3 Å². The maximum atomic E-state index is 3.58. The number of likely N-dealkylation sites (N-methyl/N-ethyl adjacent to an activating group) is 1. The van der Waals surface area contributed by atoms with E-state index in [0.29, 0.717) is 12.1 Å². The van der Waals surface area contributed by atoms with E-state index < -0.39 is 0 Å². The molecule has 2 atom stereocenters. The molecule has 0 aliphatic carbocycles. The first-order chi connectivity index (χ1) is 7.16. The SMILES string of the molecule is CC1CC(Nc2ccccc2Br)CN1C. The molecular weight excluding hydrogens is 252 g/mol. The van der Waals surface area contributed by atoms with E-state index in [1.807, 2.05) is 6.07 Å². The molecule has 82 valence electrons. The number of para-hydroxylation sites is 1. The minimum atomic E-state index is 0.573. The molecular formula is C12H17BrN2. The van der Waals surface area contributed by atoms with Crippen LogP contribution in [0.4, 0.5) is 5.69 Å². The second-order valence-electron chi connectivity index (χ2n) is 4.35. The Hall–Kier alpha value is -0.540. The first-order valence-corrected chi connectivity index (χ1v) is 6.17. The minimum Gasteiger partial charge on any atom is -0.380 e. The average molecular weight is 269 g/mol. The maximum absolute atomic E-state index is 3.58. The van der Waals surface area contributed by atoms with Gasteiger partial charge in [0.1, 0.15) is 0 Å². The Kier molecular flexibility index (Phi) is 3.32. The summed E-state index contributed by atoms with van der Waals surface area (Å²) in [4.78, 5) is 2.40. The highest BCUT2D eigenvalue weighted by Crippen LogP contribution is 2.25. The van der Waals surface area contributed by atoms with Crippen molar-refractivity contribution < 1.29 is 0 Å². The van der Waals surface area contributed by atoms with Gasteiger partial charge in [0.25, 0.3) is 0 Å². The number of benzene rings is 1. The van der Waals surface area contributed by atoms with Crippen LogP contribution in [-0.4, -0.2) is 30.6 Å². The zero-order valence-electron chi connectivity index (χ0n) is 9.20. The Morgan fingerprint density at radius 2 is 2.13 bits per heavy atom. The van der Waals surface area contributed by atoms with Crippen LogP contribution in [0.5, 0.6) is 0 Å². The largest absolute Gasteiger partial charge is 0.380 e. The standard InChI is InChI=1S/C12H17BrN2/c1-9-7-10(8-15(9)2)14-12-6-4-3-5-11(12)13/h3-6,9-10,14H,7-8H2,1-2H3. The number of rotatable bonds is 2. The van der Waals surface area contributed by atoms with E-state index in [1.54, 1.807) is 0 Å². The van der Waals surface area contributed by atoms with Crippen LogP contribution in [0.15, 0.2) is 28.7 Å². The maximum Gasteiger partial charge on any atom is 0.0487 e. The van der Waals surface area contributed by atoms with Crippen molar-refractivity contribution in [3.63, 3.8) is 0 Å². The summed E-state index contributed by atoms with van der Waals surface area (Å²) in [6.45, 7) is 3.41. The molecule has 15 heavy (non-hydrogen) atoms. The summed E-state index contributed by atoms with van der Waals surface area (Å²) in [5.74, 6) is 0. The molecule has 0 radical (unpaired) electrons. The zero-order chi connectivity index (χ0) is 10.8. The molecule has 3 heteroatoms. The summed E-state index contributed by atoms with van der Waals surface area (Å²) in [5.41, 5.74) is 1.20. The lowest BCUT2D eigenvalue weighted by molar-refractivity contribution is 0.330. The molecule has 1 fully saturated rings. The molecule has 1 saturated heterocycles. The van der Waals surface area contributed by atoms with Crippen LogP contribution in [0.2, 0.25) is 0 Å². The molecule has 1 aliphatic heterocycles. The lowest BCUT2D eigenvalue weighted by atomic mass is 10.2. The van der Waals surface area contributed by atoms with E-state index in [9.17, 15) is 0 Å². The summed E-state index contributed by atoms with van der Waals surface area (Å²) < 4.78 is 1.15. The Balaban J connectivity index is 2.01. The van der Waals surface area contributed by atoms with Gasteiger partial charge in [0, 0.05) is 28.8 Å². The average Bonchev–Trinajstić information content (AvgIpc) is 2.50. The molecule has 1 heterocycles. The van der Waals surface area contributed by atoms with Crippen LogP contribution in [0.25, 0.3) is 0 Å². The van der Waals surface area contributed by atoms with Crippen molar-refractivity contribution in [2.45, 2.75) is 25.4 Å². The number of halogens is 1. The summed E-state index contributed by atoms with van der Waals surface area (Å²) in [6.07, 6.45) is 1.22. The molecule has 2 nitrogen and oxygen atoms in total. The highest BCUT2D eigenvalue weighted by molar-refractivity contribution is 9.10. The van der Waals surface area contributed by atoms with E-state index in [-0.39, 0.29) is 0 Å². The van der Waals surface area contributed by atoms with E-state index in [4.69, 9.17) is 0 Å². The smallest absolute Gasteiger partial charge is 0.0487 e. The second-order valence-corrected chi connectivity index (χ2v) is 5.20. The lowest BCUT2D eigenvalue weighted by Crippen LogP contribution is -2.24. The van der Waals surface area contributed by atoms with Gasteiger partial charge in [-0.25, -0.2) is 0 Å². The molecule has 1 aromatic carbocycles. The molecule has 2 rings (SSSR count). The van der Waals surface area contributed by atoms with Crippen molar-refractivity contribution in [1.82, 2.24) is 4.90 Å². The third kappa shape index (κ3) is 2.52. The quantitative estimate of drug-likeness (QED) is 0.888. The van der Waals surface area contributed by atoms with E-state index in [0.717, 1.165) is 11.0 Å².